The standard InChI is InChI=1S/C12H19N5O/c13-10-9(8-2-1-3-8)11(18)16-12(15-10)17-6-4-14-5-7-17/h8,14H,1-7H2,(H3,13,15,16,18). The molecular weight excluding hydrogens is 230 g/mol. The van der Waals surface area contributed by atoms with Crippen LogP contribution in [0.4, 0.5) is 11.8 Å². The zero-order valence-electron chi connectivity index (χ0n) is 10.4. The number of hydrogen-bond donors (Lipinski definition) is 3. The van der Waals surface area contributed by atoms with Crippen molar-refractivity contribution in [3.8, 4) is 0 Å². The van der Waals surface area contributed by atoms with Gasteiger partial charge >= 0.3 is 0 Å². The van der Waals surface area contributed by atoms with Crippen molar-refractivity contribution < 1.29 is 0 Å². The largest absolute Gasteiger partial charge is 0.383 e. The molecule has 2 aliphatic rings. The molecule has 0 atom stereocenters. The molecule has 1 saturated heterocycles. The number of aromatic nitrogens is 2. The molecule has 98 valence electrons. The molecule has 1 aromatic rings. The molecule has 0 amide bonds. The van der Waals surface area contributed by atoms with Crippen molar-refractivity contribution in [2.45, 2.75) is 25.2 Å². The van der Waals surface area contributed by atoms with Crippen molar-refractivity contribution in [1.29, 1.82) is 0 Å². The summed E-state index contributed by atoms with van der Waals surface area (Å²) >= 11 is 0. The molecule has 0 radical (unpaired) electrons. The first kappa shape index (κ1) is 11.5. The smallest absolute Gasteiger partial charge is 0.257 e. The van der Waals surface area contributed by atoms with E-state index in [1.807, 2.05) is 0 Å². The Morgan fingerprint density at radius 2 is 2.00 bits per heavy atom. The maximum atomic E-state index is 12.1. The fourth-order valence-electron chi connectivity index (χ4n) is 2.61. The molecule has 6 heteroatoms. The fourth-order valence-corrected chi connectivity index (χ4v) is 2.61. The van der Waals surface area contributed by atoms with Gasteiger partial charge in [-0.1, -0.05) is 6.42 Å². The van der Waals surface area contributed by atoms with Crippen LogP contribution in [-0.4, -0.2) is 36.1 Å². The summed E-state index contributed by atoms with van der Waals surface area (Å²) in [7, 11) is 0. The average molecular weight is 249 g/mol. The summed E-state index contributed by atoms with van der Waals surface area (Å²) in [4.78, 5) is 21.5. The SMILES string of the molecule is Nc1nc(N2CCNCC2)[nH]c(=O)c1C1CCC1. The number of piperazine rings is 1. The van der Waals surface area contributed by atoms with Gasteiger partial charge in [0.15, 0.2) is 0 Å². The van der Waals surface area contributed by atoms with E-state index in [-0.39, 0.29) is 5.56 Å². The van der Waals surface area contributed by atoms with Gasteiger partial charge in [-0.25, -0.2) is 0 Å². The molecule has 18 heavy (non-hydrogen) atoms. The molecule has 1 aromatic heterocycles. The summed E-state index contributed by atoms with van der Waals surface area (Å²) in [5.74, 6) is 1.34. The van der Waals surface area contributed by atoms with E-state index in [9.17, 15) is 4.79 Å². The van der Waals surface area contributed by atoms with Crippen LogP contribution >= 0.6 is 0 Å². The van der Waals surface area contributed by atoms with Gasteiger partial charge in [0, 0.05) is 26.2 Å². The Balaban J connectivity index is 1.90. The first-order chi connectivity index (χ1) is 8.75. The fraction of sp³-hybridized carbons (Fsp3) is 0.667. The van der Waals surface area contributed by atoms with Crippen LogP contribution in [0.15, 0.2) is 4.79 Å². The molecule has 0 spiro atoms. The van der Waals surface area contributed by atoms with Crippen LogP contribution in [0.2, 0.25) is 0 Å². The Hall–Kier alpha value is -1.56. The third kappa shape index (κ3) is 1.96. The minimum atomic E-state index is -0.0549. The molecule has 0 bridgehead atoms. The summed E-state index contributed by atoms with van der Waals surface area (Å²) < 4.78 is 0. The second kappa shape index (κ2) is 4.61. The molecular formula is C12H19N5O. The van der Waals surface area contributed by atoms with Crippen LogP contribution in [-0.2, 0) is 0 Å². The summed E-state index contributed by atoms with van der Waals surface area (Å²) in [5, 5.41) is 3.27. The minimum absolute atomic E-state index is 0.0549. The van der Waals surface area contributed by atoms with Gasteiger partial charge in [0.2, 0.25) is 5.95 Å². The molecule has 0 unspecified atom stereocenters. The highest BCUT2D eigenvalue weighted by molar-refractivity contribution is 5.46. The number of aromatic amines is 1. The van der Waals surface area contributed by atoms with E-state index in [4.69, 9.17) is 5.73 Å². The Bertz CT molecular complexity index is 488. The van der Waals surface area contributed by atoms with Gasteiger partial charge in [0.1, 0.15) is 5.82 Å². The third-order valence-corrected chi connectivity index (χ3v) is 3.90. The van der Waals surface area contributed by atoms with Crippen LogP contribution in [0, 0.1) is 0 Å². The highest BCUT2D eigenvalue weighted by Gasteiger charge is 2.26. The van der Waals surface area contributed by atoms with Crippen LogP contribution in [0.1, 0.15) is 30.7 Å². The Kier molecular flexibility index (Phi) is 2.95. The maximum Gasteiger partial charge on any atom is 0.257 e. The lowest BCUT2D eigenvalue weighted by Gasteiger charge is -2.29. The number of rotatable bonds is 2. The van der Waals surface area contributed by atoms with E-state index in [1.165, 1.54) is 6.42 Å². The molecule has 1 saturated carbocycles. The molecule has 4 N–H and O–H groups in total. The van der Waals surface area contributed by atoms with E-state index < -0.39 is 0 Å². The Labute approximate surface area is 106 Å². The number of hydrogen-bond acceptors (Lipinski definition) is 5. The van der Waals surface area contributed by atoms with Crippen LogP contribution in [0.25, 0.3) is 0 Å². The van der Waals surface area contributed by atoms with E-state index in [0.717, 1.165) is 39.0 Å². The van der Waals surface area contributed by atoms with Gasteiger partial charge < -0.3 is 16.0 Å². The van der Waals surface area contributed by atoms with Crippen LogP contribution in [0.3, 0.4) is 0 Å². The zero-order chi connectivity index (χ0) is 12.5. The van der Waals surface area contributed by atoms with Crippen LogP contribution < -0.4 is 21.5 Å². The number of nitrogen functional groups attached to an aromatic ring is 1. The average Bonchev–Trinajstić information content (AvgIpc) is 2.32. The summed E-state index contributed by atoms with van der Waals surface area (Å²) in [6.45, 7) is 3.53. The number of nitrogens with two attached hydrogens (primary N) is 1. The summed E-state index contributed by atoms with van der Waals surface area (Å²) in [6.07, 6.45) is 3.30. The number of anilines is 2. The van der Waals surface area contributed by atoms with Crippen molar-refractivity contribution in [3.05, 3.63) is 15.9 Å². The molecule has 3 rings (SSSR count). The van der Waals surface area contributed by atoms with Gasteiger partial charge in [-0.2, -0.15) is 4.98 Å². The van der Waals surface area contributed by atoms with E-state index in [0.29, 0.717) is 23.2 Å². The second-order valence-corrected chi connectivity index (χ2v) is 5.05. The highest BCUT2D eigenvalue weighted by atomic mass is 16.1. The van der Waals surface area contributed by atoms with Gasteiger partial charge in [-0.05, 0) is 18.8 Å². The first-order valence-electron chi connectivity index (χ1n) is 6.61. The van der Waals surface area contributed by atoms with Crippen molar-refractivity contribution >= 4 is 11.8 Å². The number of nitrogens with zero attached hydrogens (tertiary/aromatic N) is 2. The molecule has 2 heterocycles. The predicted octanol–water partition coefficient (Wildman–Crippen LogP) is 0.0292. The zero-order valence-corrected chi connectivity index (χ0v) is 10.4. The number of nitrogens with one attached hydrogen (secondary N) is 2. The Morgan fingerprint density at radius 1 is 1.28 bits per heavy atom. The monoisotopic (exact) mass is 249 g/mol. The lowest BCUT2D eigenvalue weighted by Crippen LogP contribution is -2.45. The Morgan fingerprint density at radius 3 is 2.56 bits per heavy atom. The minimum Gasteiger partial charge on any atom is -0.383 e. The highest BCUT2D eigenvalue weighted by Crippen LogP contribution is 2.36. The van der Waals surface area contributed by atoms with Crippen molar-refractivity contribution in [2.75, 3.05) is 36.8 Å². The first-order valence-corrected chi connectivity index (χ1v) is 6.61. The van der Waals surface area contributed by atoms with Gasteiger partial charge in [0.05, 0.1) is 5.56 Å². The molecule has 0 aromatic carbocycles. The molecule has 1 aliphatic heterocycles. The maximum absolute atomic E-state index is 12.1. The van der Waals surface area contributed by atoms with Gasteiger partial charge in [0.25, 0.3) is 5.56 Å². The normalized spacial score (nSPS) is 20.8. The van der Waals surface area contributed by atoms with E-state index in [1.54, 1.807) is 0 Å². The quantitative estimate of drug-likeness (QED) is 0.688. The van der Waals surface area contributed by atoms with Crippen molar-refractivity contribution in [2.24, 2.45) is 0 Å². The van der Waals surface area contributed by atoms with E-state index >= 15 is 0 Å². The van der Waals surface area contributed by atoms with E-state index in [2.05, 4.69) is 20.2 Å². The lowest BCUT2D eigenvalue weighted by molar-refractivity contribution is 0.416. The summed E-state index contributed by atoms with van der Waals surface area (Å²) in [6, 6.07) is 0. The molecule has 1 aliphatic carbocycles. The number of H-pyrrole nitrogens is 1. The lowest BCUT2D eigenvalue weighted by atomic mass is 9.80. The predicted molar refractivity (Wildman–Crippen MR) is 70.9 cm³/mol. The van der Waals surface area contributed by atoms with Gasteiger partial charge in [-0.3, -0.25) is 9.78 Å². The second-order valence-electron chi connectivity index (χ2n) is 5.05. The topological polar surface area (TPSA) is 87.0 Å². The van der Waals surface area contributed by atoms with Crippen molar-refractivity contribution in [3.63, 3.8) is 0 Å². The van der Waals surface area contributed by atoms with Crippen LogP contribution in [0.5, 0.6) is 0 Å². The summed E-state index contributed by atoms with van der Waals surface area (Å²) in [5.41, 5.74) is 6.61. The molecule has 2 fully saturated rings. The van der Waals surface area contributed by atoms with Gasteiger partial charge in [-0.15, -0.1) is 0 Å². The molecule has 6 nitrogen and oxygen atoms in total. The third-order valence-electron chi connectivity index (χ3n) is 3.90. The van der Waals surface area contributed by atoms with Crippen molar-refractivity contribution in [1.82, 2.24) is 15.3 Å².